The maximum Gasteiger partial charge on any atom is 0.270 e. The van der Waals surface area contributed by atoms with E-state index in [1.54, 1.807) is 30.3 Å². The Hall–Kier alpha value is -2.60. The lowest BCUT2D eigenvalue weighted by molar-refractivity contribution is -0.118. The van der Waals surface area contributed by atoms with Crippen LogP contribution in [0.2, 0.25) is 5.02 Å². The van der Waals surface area contributed by atoms with Crippen LogP contribution in [0.1, 0.15) is 65.7 Å². The number of hydrogen-bond acceptors (Lipinski definition) is 4. The number of carbonyl (C=O) groups is 2. The number of benzene rings is 1. The summed E-state index contributed by atoms with van der Waals surface area (Å²) in [7, 11) is 0. The summed E-state index contributed by atoms with van der Waals surface area (Å²) in [5.41, 5.74) is 7.43. The Morgan fingerprint density at radius 2 is 2.00 bits per heavy atom. The van der Waals surface area contributed by atoms with Crippen LogP contribution in [0, 0.1) is 5.92 Å². The zero-order valence-electron chi connectivity index (χ0n) is 16.1. The summed E-state index contributed by atoms with van der Waals surface area (Å²) in [5.74, 6) is 0.740. The van der Waals surface area contributed by atoms with E-state index < -0.39 is 11.9 Å². The molecule has 1 heterocycles. The van der Waals surface area contributed by atoms with Crippen LogP contribution >= 0.6 is 11.6 Å². The van der Waals surface area contributed by atoms with Crippen LogP contribution in [-0.4, -0.2) is 23.4 Å². The van der Waals surface area contributed by atoms with Crippen LogP contribution in [0.15, 0.2) is 36.4 Å². The van der Waals surface area contributed by atoms with Crippen molar-refractivity contribution in [2.75, 3.05) is 6.61 Å². The summed E-state index contributed by atoms with van der Waals surface area (Å²) < 4.78 is 5.94. The summed E-state index contributed by atoms with van der Waals surface area (Å²) in [6, 6.07) is 10.1. The average molecular weight is 414 g/mol. The number of pyridine rings is 1. The van der Waals surface area contributed by atoms with E-state index in [0.29, 0.717) is 34.9 Å². The van der Waals surface area contributed by atoms with Crippen molar-refractivity contribution in [2.45, 2.75) is 44.1 Å². The second-order valence-electron chi connectivity index (χ2n) is 7.87. The number of nitrogens with zero attached hydrogens (tertiary/aromatic N) is 1. The van der Waals surface area contributed by atoms with Gasteiger partial charge in [-0.2, -0.15) is 0 Å². The van der Waals surface area contributed by atoms with E-state index in [1.165, 1.54) is 12.8 Å². The molecule has 2 fully saturated rings. The molecule has 2 aliphatic rings. The highest BCUT2D eigenvalue weighted by Crippen LogP contribution is 2.44. The van der Waals surface area contributed by atoms with E-state index in [4.69, 9.17) is 22.1 Å². The van der Waals surface area contributed by atoms with Gasteiger partial charge in [-0.05, 0) is 61.3 Å². The molecule has 2 amide bonds. The van der Waals surface area contributed by atoms with Crippen molar-refractivity contribution in [3.05, 3.63) is 58.2 Å². The second kappa shape index (κ2) is 8.41. The van der Waals surface area contributed by atoms with Crippen LogP contribution in [0.4, 0.5) is 0 Å². The number of nitrogens with two attached hydrogens (primary N) is 1. The van der Waals surface area contributed by atoms with Gasteiger partial charge in [-0.1, -0.05) is 29.8 Å². The van der Waals surface area contributed by atoms with Gasteiger partial charge < -0.3 is 15.8 Å². The first kappa shape index (κ1) is 19.7. The Bertz CT molecular complexity index is 925. The van der Waals surface area contributed by atoms with Gasteiger partial charge in [0.2, 0.25) is 11.8 Å². The molecule has 4 rings (SSSR count). The molecule has 2 aromatic rings. The number of halogens is 1. The fourth-order valence-corrected chi connectivity index (χ4v) is 3.49. The van der Waals surface area contributed by atoms with Gasteiger partial charge in [0, 0.05) is 10.6 Å². The van der Waals surface area contributed by atoms with E-state index in [9.17, 15) is 9.59 Å². The molecule has 0 aliphatic heterocycles. The molecule has 2 aliphatic carbocycles. The van der Waals surface area contributed by atoms with Crippen LogP contribution in [-0.2, 0) is 4.79 Å². The van der Waals surface area contributed by atoms with E-state index >= 15 is 0 Å². The number of amides is 2. The minimum absolute atomic E-state index is 0.0305. The summed E-state index contributed by atoms with van der Waals surface area (Å²) in [4.78, 5) is 28.9. The number of aromatic nitrogens is 1. The fraction of sp³-hybridized carbons (Fsp3) is 0.409. The SMILES string of the molecule is NC(=O)CC(NC(=O)c1ccc(C2CC2)c(OCC2CC2)n1)c1cccc(Cl)c1. The summed E-state index contributed by atoms with van der Waals surface area (Å²) >= 11 is 6.06. The molecule has 0 spiro atoms. The van der Waals surface area contributed by atoms with Gasteiger partial charge in [0.15, 0.2) is 0 Å². The maximum atomic E-state index is 12.9. The molecule has 0 radical (unpaired) electrons. The molecular formula is C22H24ClN3O3. The lowest BCUT2D eigenvalue weighted by atomic mass is 10.0. The highest BCUT2D eigenvalue weighted by Gasteiger charge is 2.30. The highest BCUT2D eigenvalue weighted by atomic mass is 35.5. The molecule has 6 nitrogen and oxygen atoms in total. The van der Waals surface area contributed by atoms with E-state index in [-0.39, 0.29) is 18.0 Å². The Labute approximate surface area is 174 Å². The molecule has 3 N–H and O–H groups in total. The van der Waals surface area contributed by atoms with E-state index in [2.05, 4.69) is 10.3 Å². The fourth-order valence-electron chi connectivity index (χ4n) is 3.29. The molecule has 0 bridgehead atoms. The third-order valence-electron chi connectivity index (χ3n) is 5.25. The zero-order valence-corrected chi connectivity index (χ0v) is 16.8. The van der Waals surface area contributed by atoms with Crippen LogP contribution < -0.4 is 15.8 Å². The Morgan fingerprint density at radius 1 is 1.21 bits per heavy atom. The minimum atomic E-state index is -0.584. The third kappa shape index (κ3) is 5.26. The maximum absolute atomic E-state index is 12.9. The largest absolute Gasteiger partial charge is 0.477 e. The number of carbonyl (C=O) groups excluding carboxylic acids is 2. The van der Waals surface area contributed by atoms with Crippen molar-refractivity contribution in [3.8, 4) is 5.88 Å². The van der Waals surface area contributed by atoms with Crippen molar-refractivity contribution in [1.29, 1.82) is 0 Å². The van der Waals surface area contributed by atoms with Crippen LogP contribution in [0.25, 0.3) is 0 Å². The third-order valence-corrected chi connectivity index (χ3v) is 5.49. The normalized spacial score (nSPS) is 16.9. The first-order valence-corrected chi connectivity index (χ1v) is 10.4. The molecule has 2 saturated carbocycles. The zero-order chi connectivity index (χ0) is 20.4. The molecule has 0 saturated heterocycles. The van der Waals surface area contributed by atoms with Gasteiger partial charge in [-0.15, -0.1) is 0 Å². The van der Waals surface area contributed by atoms with Gasteiger partial charge >= 0.3 is 0 Å². The van der Waals surface area contributed by atoms with Crippen LogP contribution in [0.5, 0.6) is 5.88 Å². The predicted molar refractivity (Wildman–Crippen MR) is 110 cm³/mol. The van der Waals surface area contributed by atoms with Crippen molar-refractivity contribution in [2.24, 2.45) is 11.7 Å². The van der Waals surface area contributed by atoms with Crippen molar-refractivity contribution in [1.82, 2.24) is 10.3 Å². The smallest absolute Gasteiger partial charge is 0.270 e. The molecule has 1 atom stereocenters. The number of ether oxygens (including phenoxy) is 1. The quantitative estimate of drug-likeness (QED) is 0.654. The molecular weight excluding hydrogens is 390 g/mol. The molecule has 1 aromatic carbocycles. The monoisotopic (exact) mass is 413 g/mol. The summed E-state index contributed by atoms with van der Waals surface area (Å²) in [6.45, 7) is 0.643. The molecule has 1 unspecified atom stereocenters. The lowest BCUT2D eigenvalue weighted by Crippen LogP contribution is -2.32. The van der Waals surface area contributed by atoms with E-state index in [1.807, 2.05) is 6.07 Å². The van der Waals surface area contributed by atoms with Gasteiger partial charge in [0.1, 0.15) is 5.69 Å². The Morgan fingerprint density at radius 3 is 2.66 bits per heavy atom. The van der Waals surface area contributed by atoms with Crippen LogP contribution in [0.3, 0.4) is 0 Å². The van der Waals surface area contributed by atoms with Gasteiger partial charge in [-0.3, -0.25) is 9.59 Å². The highest BCUT2D eigenvalue weighted by molar-refractivity contribution is 6.30. The topological polar surface area (TPSA) is 94.3 Å². The first-order valence-electron chi connectivity index (χ1n) is 9.98. The Balaban J connectivity index is 1.53. The number of hydrogen-bond donors (Lipinski definition) is 2. The van der Waals surface area contributed by atoms with E-state index in [0.717, 1.165) is 18.4 Å². The van der Waals surface area contributed by atoms with Crippen molar-refractivity contribution < 1.29 is 14.3 Å². The first-order chi connectivity index (χ1) is 14.0. The molecule has 7 heteroatoms. The summed E-state index contributed by atoms with van der Waals surface area (Å²) in [6.07, 6.45) is 4.60. The lowest BCUT2D eigenvalue weighted by Gasteiger charge is -2.18. The average Bonchev–Trinajstić information content (AvgIpc) is 3.59. The second-order valence-corrected chi connectivity index (χ2v) is 8.31. The van der Waals surface area contributed by atoms with Gasteiger partial charge in [0.05, 0.1) is 19.1 Å². The predicted octanol–water partition coefficient (Wildman–Crippen LogP) is 3.75. The minimum Gasteiger partial charge on any atom is -0.477 e. The van der Waals surface area contributed by atoms with Crippen molar-refractivity contribution in [3.63, 3.8) is 0 Å². The molecule has 1 aromatic heterocycles. The number of primary amides is 1. The van der Waals surface area contributed by atoms with Gasteiger partial charge in [0.25, 0.3) is 5.91 Å². The number of nitrogens with one attached hydrogen (secondary N) is 1. The standard InChI is InChI=1S/C22H24ClN3O3/c23-16-3-1-2-15(10-16)19(11-20(24)27)25-21(28)18-9-8-17(14-6-7-14)22(26-18)29-12-13-4-5-13/h1-3,8-10,13-14,19H,4-7,11-12H2,(H2,24,27)(H,25,28). The molecule has 152 valence electrons. The summed E-state index contributed by atoms with van der Waals surface area (Å²) in [5, 5.41) is 3.38. The van der Waals surface area contributed by atoms with Crippen molar-refractivity contribution >= 4 is 23.4 Å². The number of rotatable bonds is 9. The molecule has 29 heavy (non-hydrogen) atoms. The van der Waals surface area contributed by atoms with Gasteiger partial charge in [-0.25, -0.2) is 4.98 Å². The Kier molecular flexibility index (Phi) is 5.72.